The molecule has 2 aromatic carbocycles. The maximum atomic E-state index is 13.1. The van der Waals surface area contributed by atoms with Crippen LogP contribution >= 0.6 is 28.1 Å². The van der Waals surface area contributed by atoms with Gasteiger partial charge in [0.15, 0.2) is 5.11 Å². The number of nitrogens with one attached hydrogen (secondary N) is 3. The highest BCUT2D eigenvalue weighted by atomic mass is 79.9. The molecule has 1 aliphatic heterocycles. The van der Waals surface area contributed by atoms with Crippen molar-refractivity contribution in [3.63, 3.8) is 0 Å². The molecular formula is C20H20BrN3OS. The van der Waals surface area contributed by atoms with Gasteiger partial charge in [-0.05, 0) is 61.8 Å². The van der Waals surface area contributed by atoms with Crippen LogP contribution in [0.25, 0.3) is 0 Å². The molecule has 0 spiro atoms. The Bertz CT molecular complexity index is 923. The molecule has 1 aliphatic rings. The number of thiocarbonyl (C=S) groups is 1. The Labute approximate surface area is 167 Å². The second-order valence-corrected chi connectivity index (χ2v) is 7.56. The van der Waals surface area contributed by atoms with E-state index < -0.39 is 0 Å². The first-order valence-electron chi connectivity index (χ1n) is 8.28. The van der Waals surface area contributed by atoms with Gasteiger partial charge in [0.25, 0.3) is 5.91 Å². The molecule has 0 aliphatic carbocycles. The first-order valence-corrected chi connectivity index (χ1v) is 9.49. The Kier molecular flexibility index (Phi) is 5.44. The molecule has 0 bridgehead atoms. The standard InChI is InChI=1S/C20H20BrN3OS/c1-11-7-6-10-16(12(11)2)23-19(25)17-13(3)22-20(26)24-18(17)14-8-4-5-9-15(14)21/h4-10,18H,1-3H3,(H,23,25)(H2,22,24,26)/t18-/m0/s1. The number of rotatable bonds is 3. The van der Waals surface area contributed by atoms with E-state index in [1.807, 2.05) is 63.2 Å². The highest BCUT2D eigenvalue weighted by Gasteiger charge is 2.31. The van der Waals surface area contributed by atoms with Crippen LogP contribution in [0.2, 0.25) is 0 Å². The number of aryl methyl sites for hydroxylation is 1. The fraction of sp³-hybridized carbons (Fsp3) is 0.200. The van der Waals surface area contributed by atoms with Gasteiger partial charge in [-0.25, -0.2) is 0 Å². The van der Waals surface area contributed by atoms with Crippen molar-refractivity contribution in [2.75, 3.05) is 5.32 Å². The Morgan fingerprint density at radius 2 is 1.85 bits per heavy atom. The molecular weight excluding hydrogens is 410 g/mol. The van der Waals surface area contributed by atoms with E-state index in [2.05, 4.69) is 31.9 Å². The summed E-state index contributed by atoms with van der Waals surface area (Å²) in [5.74, 6) is -0.153. The van der Waals surface area contributed by atoms with Crippen molar-refractivity contribution in [1.29, 1.82) is 0 Å². The van der Waals surface area contributed by atoms with E-state index in [1.165, 1.54) is 0 Å². The summed E-state index contributed by atoms with van der Waals surface area (Å²) in [4.78, 5) is 13.1. The van der Waals surface area contributed by atoms with Crippen LogP contribution in [0.3, 0.4) is 0 Å². The van der Waals surface area contributed by atoms with Gasteiger partial charge in [-0.2, -0.15) is 0 Å². The van der Waals surface area contributed by atoms with Crippen molar-refractivity contribution in [2.24, 2.45) is 0 Å². The van der Waals surface area contributed by atoms with Gasteiger partial charge < -0.3 is 16.0 Å². The zero-order chi connectivity index (χ0) is 18.8. The molecule has 4 nitrogen and oxygen atoms in total. The van der Waals surface area contributed by atoms with E-state index >= 15 is 0 Å². The molecule has 0 unspecified atom stereocenters. The summed E-state index contributed by atoms with van der Waals surface area (Å²) >= 11 is 8.89. The van der Waals surface area contributed by atoms with Crippen molar-refractivity contribution in [3.05, 3.63) is 74.9 Å². The summed E-state index contributed by atoms with van der Waals surface area (Å²) in [6.45, 7) is 5.90. The average molecular weight is 430 g/mol. The van der Waals surface area contributed by atoms with Gasteiger partial charge in [0.1, 0.15) is 0 Å². The third-order valence-electron chi connectivity index (χ3n) is 4.58. The van der Waals surface area contributed by atoms with Gasteiger partial charge in [0.2, 0.25) is 0 Å². The molecule has 26 heavy (non-hydrogen) atoms. The minimum absolute atomic E-state index is 0.153. The second-order valence-electron chi connectivity index (χ2n) is 6.29. The Morgan fingerprint density at radius 1 is 1.12 bits per heavy atom. The fourth-order valence-electron chi connectivity index (χ4n) is 3.01. The molecule has 0 saturated heterocycles. The maximum Gasteiger partial charge on any atom is 0.255 e. The van der Waals surface area contributed by atoms with E-state index in [0.717, 1.165) is 32.5 Å². The lowest BCUT2D eigenvalue weighted by Crippen LogP contribution is -2.45. The summed E-state index contributed by atoms with van der Waals surface area (Å²) in [6, 6.07) is 13.4. The van der Waals surface area contributed by atoms with Crippen LogP contribution < -0.4 is 16.0 Å². The van der Waals surface area contributed by atoms with E-state index in [1.54, 1.807) is 0 Å². The number of halogens is 1. The molecule has 0 saturated carbocycles. The van der Waals surface area contributed by atoms with Gasteiger partial charge in [0.05, 0.1) is 11.6 Å². The number of anilines is 1. The van der Waals surface area contributed by atoms with Crippen molar-refractivity contribution >= 4 is 44.9 Å². The molecule has 1 heterocycles. The Hall–Kier alpha value is -2.18. The molecule has 3 N–H and O–H groups in total. The van der Waals surface area contributed by atoms with Crippen LogP contribution in [0, 0.1) is 13.8 Å². The molecule has 0 fully saturated rings. The van der Waals surface area contributed by atoms with E-state index in [9.17, 15) is 4.79 Å². The van der Waals surface area contributed by atoms with Crippen molar-refractivity contribution in [1.82, 2.24) is 10.6 Å². The normalized spacial score (nSPS) is 16.8. The van der Waals surface area contributed by atoms with Gasteiger partial charge in [-0.3, -0.25) is 4.79 Å². The van der Waals surface area contributed by atoms with Crippen LogP contribution in [-0.4, -0.2) is 11.0 Å². The summed E-state index contributed by atoms with van der Waals surface area (Å²) in [5.41, 5.74) is 5.33. The number of benzene rings is 2. The largest absolute Gasteiger partial charge is 0.351 e. The van der Waals surface area contributed by atoms with Crippen LogP contribution in [0.5, 0.6) is 0 Å². The zero-order valence-corrected chi connectivity index (χ0v) is 17.2. The summed E-state index contributed by atoms with van der Waals surface area (Å²) < 4.78 is 0.923. The predicted molar refractivity (Wildman–Crippen MR) is 113 cm³/mol. The molecule has 6 heteroatoms. The second kappa shape index (κ2) is 7.60. The summed E-state index contributed by atoms with van der Waals surface area (Å²) in [7, 11) is 0. The maximum absolute atomic E-state index is 13.1. The molecule has 3 rings (SSSR count). The van der Waals surface area contributed by atoms with Crippen LogP contribution in [0.15, 0.2) is 58.2 Å². The minimum atomic E-state index is -0.329. The molecule has 134 valence electrons. The first-order chi connectivity index (χ1) is 12.4. The van der Waals surface area contributed by atoms with E-state index in [-0.39, 0.29) is 11.9 Å². The van der Waals surface area contributed by atoms with E-state index in [0.29, 0.717) is 10.7 Å². The number of hydrogen-bond donors (Lipinski definition) is 3. The Morgan fingerprint density at radius 3 is 2.58 bits per heavy atom. The van der Waals surface area contributed by atoms with Gasteiger partial charge in [-0.1, -0.05) is 46.3 Å². The Balaban J connectivity index is 2.00. The quantitative estimate of drug-likeness (QED) is 0.628. The number of allylic oxidation sites excluding steroid dienone is 1. The average Bonchev–Trinajstić information content (AvgIpc) is 2.58. The number of hydrogen-bond acceptors (Lipinski definition) is 2. The monoisotopic (exact) mass is 429 g/mol. The van der Waals surface area contributed by atoms with Crippen molar-refractivity contribution in [2.45, 2.75) is 26.8 Å². The first kappa shape index (κ1) is 18.6. The van der Waals surface area contributed by atoms with Gasteiger partial charge in [0, 0.05) is 15.9 Å². The molecule has 0 radical (unpaired) electrons. The lowest BCUT2D eigenvalue weighted by Gasteiger charge is -2.31. The minimum Gasteiger partial charge on any atom is -0.351 e. The number of carbonyl (C=O) groups excluding carboxylic acids is 1. The molecule has 0 aromatic heterocycles. The smallest absolute Gasteiger partial charge is 0.255 e. The highest BCUT2D eigenvalue weighted by Crippen LogP contribution is 2.32. The van der Waals surface area contributed by atoms with Crippen molar-refractivity contribution in [3.8, 4) is 0 Å². The van der Waals surface area contributed by atoms with Crippen LogP contribution in [0.1, 0.15) is 29.7 Å². The lowest BCUT2D eigenvalue weighted by atomic mass is 9.94. The van der Waals surface area contributed by atoms with Crippen LogP contribution in [0.4, 0.5) is 5.69 Å². The lowest BCUT2D eigenvalue weighted by molar-refractivity contribution is -0.113. The zero-order valence-electron chi connectivity index (χ0n) is 14.8. The van der Waals surface area contributed by atoms with Gasteiger partial charge in [-0.15, -0.1) is 0 Å². The SMILES string of the molecule is CC1=C(C(=O)Nc2cccc(C)c2C)[C@H](c2ccccc2Br)NC(=S)N1. The third kappa shape index (κ3) is 3.66. The van der Waals surface area contributed by atoms with Crippen LogP contribution in [-0.2, 0) is 4.79 Å². The number of amides is 1. The molecule has 1 atom stereocenters. The number of carbonyl (C=O) groups is 1. The third-order valence-corrected chi connectivity index (χ3v) is 5.52. The predicted octanol–water partition coefficient (Wildman–Crippen LogP) is 4.50. The molecule has 1 amide bonds. The topological polar surface area (TPSA) is 53.2 Å². The highest BCUT2D eigenvalue weighted by molar-refractivity contribution is 9.10. The van der Waals surface area contributed by atoms with E-state index in [4.69, 9.17) is 12.2 Å². The van der Waals surface area contributed by atoms with Crippen molar-refractivity contribution < 1.29 is 4.79 Å². The summed E-state index contributed by atoms with van der Waals surface area (Å²) in [6.07, 6.45) is 0. The summed E-state index contributed by atoms with van der Waals surface area (Å²) in [5, 5.41) is 9.84. The fourth-order valence-corrected chi connectivity index (χ4v) is 3.80. The van der Waals surface area contributed by atoms with Gasteiger partial charge >= 0.3 is 0 Å². The molecule has 2 aromatic rings.